The summed E-state index contributed by atoms with van der Waals surface area (Å²) in [5.74, 6) is -2.15. The average molecular weight is 520 g/mol. The lowest BCUT2D eigenvalue weighted by Crippen LogP contribution is -2.56. The molecular formula is C28H33F4N3O2. The van der Waals surface area contributed by atoms with Gasteiger partial charge in [-0.15, -0.1) is 0 Å². The molecule has 200 valence electrons. The molecule has 0 bridgehead atoms. The predicted molar refractivity (Wildman–Crippen MR) is 133 cm³/mol. The predicted octanol–water partition coefficient (Wildman–Crippen LogP) is 5.84. The van der Waals surface area contributed by atoms with Gasteiger partial charge in [-0.1, -0.05) is 18.2 Å². The molecule has 1 saturated heterocycles. The minimum atomic E-state index is -4.54. The van der Waals surface area contributed by atoms with Crippen molar-refractivity contribution >= 4 is 17.5 Å². The first-order chi connectivity index (χ1) is 17.5. The summed E-state index contributed by atoms with van der Waals surface area (Å²) in [4.78, 5) is 28.8. The number of hydrogen-bond donors (Lipinski definition) is 2. The van der Waals surface area contributed by atoms with Gasteiger partial charge in [0.25, 0.3) is 5.91 Å². The number of nitrogens with two attached hydrogens (primary N) is 1. The summed E-state index contributed by atoms with van der Waals surface area (Å²) >= 11 is 0. The molecular weight excluding hydrogens is 486 g/mol. The molecule has 9 heteroatoms. The van der Waals surface area contributed by atoms with E-state index in [4.69, 9.17) is 5.73 Å². The van der Waals surface area contributed by atoms with Crippen LogP contribution in [0.3, 0.4) is 0 Å². The minimum Gasteiger partial charge on any atom is -0.334 e. The highest BCUT2D eigenvalue weighted by Crippen LogP contribution is 2.39. The number of likely N-dealkylation sites (tertiary alicyclic amines) is 1. The fraction of sp³-hybridized carbons (Fsp3) is 0.500. The summed E-state index contributed by atoms with van der Waals surface area (Å²) in [5.41, 5.74) is 5.93. The summed E-state index contributed by atoms with van der Waals surface area (Å²) in [6.07, 6.45) is -0.581. The monoisotopic (exact) mass is 519 g/mol. The zero-order chi connectivity index (χ0) is 26.9. The van der Waals surface area contributed by atoms with Crippen molar-refractivity contribution in [2.45, 2.75) is 70.6 Å². The molecule has 37 heavy (non-hydrogen) atoms. The Morgan fingerprint density at radius 1 is 1.00 bits per heavy atom. The van der Waals surface area contributed by atoms with E-state index in [0.29, 0.717) is 24.9 Å². The minimum absolute atomic E-state index is 0.00516. The van der Waals surface area contributed by atoms with Crippen molar-refractivity contribution in [2.75, 3.05) is 11.9 Å². The third-order valence-electron chi connectivity index (χ3n) is 7.83. The summed E-state index contributed by atoms with van der Waals surface area (Å²) in [6.45, 7) is 3.43. The third-order valence-corrected chi connectivity index (χ3v) is 7.83. The molecule has 4 rings (SSSR count). The number of piperidine rings is 1. The Labute approximate surface area is 214 Å². The van der Waals surface area contributed by atoms with Crippen molar-refractivity contribution in [1.29, 1.82) is 0 Å². The van der Waals surface area contributed by atoms with Crippen LogP contribution in [-0.2, 0) is 11.0 Å². The molecule has 3 N–H and O–H groups in total. The molecule has 0 spiro atoms. The number of aryl methyl sites for hydroxylation is 2. The standard InChI is InChI=1S/C28H33F4N3O2/c1-16-8-13-20(15-22(16)28(30,31)32)34-26(36)21-6-4-14-35(25(21)18-9-11-19(33)12-10-18)27(37)24-17(2)5-3-7-23(24)29/h3,5,7-8,13,15,18-19,21,25H,4,6,9-12,14,33H2,1-2H3,(H,34,36)/t18?,19?,21-,25-/m0/s1. The van der Waals surface area contributed by atoms with Crippen molar-refractivity contribution in [3.8, 4) is 0 Å². The van der Waals surface area contributed by atoms with Gasteiger partial charge in [0.05, 0.1) is 17.0 Å². The van der Waals surface area contributed by atoms with Gasteiger partial charge in [0, 0.05) is 24.3 Å². The quantitative estimate of drug-likeness (QED) is 0.499. The molecule has 0 radical (unpaired) electrons. The van der Waals surface area contributed by atoms with Crippen LogP contribution in [0.15, 0.2) is 36.4 Å². The Morgan fingerprint density at radius 3 is 2.35 bits per heavy atom. The van der Waals surface area contributed by atoms with E-state index >= 15 is 0 Å². The second-order valence-corrected chi connectivity index (χ2v) is 10.4. The smallest absolute Gasteiger partial charge is 0.334 e. The van der Waals surface area contributed by atoms with Gasteiger partial charge in [0.1, 0.15) is 5.82 Å². The van der Waals surface area contributed by atoms with Gasteiger partial charge >= 0.3 is 6.18 Å². The summed E-state index contributed by atoms with van der Waals surface area (Å²) < 4.78 is 55.0. The molecule has 0 aromatic heterocycles. The Kier molecular flexibility index (Phi) is 7.92. The lowest BCUT2D eigenvalue weighted by molar-refractivity contribution is -0.138. The molecule has 2 aromatic carbocycles. The third kappa shape index (κ3) is 5.81. The highest BCUT2D eigenvalue weighted by Gasteiger charge is 2.44. The van der Waals surface area contributed by atoms with Crippen LogP contribution in [0.1, 0.15) is 65.6 Å². The zero-order valence-corrected chi connectivity index (χ0v) is 21.1. The van der Waals surface area contributed by atoms with Crippen LogP contribution in [0.5, 0.6) is 0 Å². The molecule has 1 aliphatic heterocycles. The number of carbonyl (C=O) groups excluding carboxylic acids is 2. The molecule has 0 unspecified atom stereocenters. The number of nitrogens with one attached hydrogen (secondary N) is 1. The molecule has 1 aliphatic carbocycles. The zero-order valence-electron chi connectivity index (χ0n) is 21.1. The number of nitrogens with zero attached hydrogens (tertiary/aromatic N) is 1. The number of alkyl halides is 3. The van der Waals surface area contributed by atoms with Crippen LogP contribution in [0.2, 0.25) is 0 Å². The number of amides is 2. The lowest BCUT2D eigenvalue weighted by atomic mass is 9.73. The van der Waals surface area contributed by atoms with E-state index in [2.05, 4.69) is 5.32 Å². The second-order valence-electron chi connectivity index (χ2n) is 10.4. The Bertz CT molecular complexity index is 1140. The van der Waals surface area contributed by atoms with E-state index in [9.17, 15) is 27.2 Å². The lowest BCUT2D eigenvalue weighted by Gasteiger charge is -2.46. The second kappa shape index (κ2) is 10.8. The van der Waals surface area contributed by atoms with Crippen LogP contribution >= 0.6 is 0 Å². The fourth-order valence-corrected chi connectivity index (χ4v) is 5.90. The summed E-state index contributed by atoms with van der Waals surface area (Å²) in [7, 11) is 0. The number of benzene rings is 2. The number of rotatable bonds is 4. The van der Waals surface area contributed by atoms with Crippen molar-refractivity contribution < 1.29 is 27.2 Å². The first-order valence-corrected chi connectivity index (χ1v) is 12.8. The number of hydrogen-bond acceptors (Lipinski definition) is 3. The molecule has 2 aliphatic rings. The van der Waals surface area contributed by atoms with Gasteiger partial charge in [0.2, 0.25) is 5.91 Å². The molecule has 2 amide bonds. The van der Waals surface area contributed by atoms with Crippen molar-refractivity contribution in [3.05, 3.63) is 64.5 Å². The van der Waals surface area contributed by atoms with Gasteiger partial charge in [-0.3, -0.25) is 9.59 Å². The first-order valence-electron chi connectivity index (χ1n) is 12.8. The SMILES string of the molecule is Cc1ccc(NC(=O)[C@H]2CCCN(C(=O)c3c(C)cccc3F)[C@H]2C2CCC(N)CC2)cc1C(F)(F)F. The van der Waals surface area contributed by atoms with Crippen LogP contribution in [0.25, 0.3) is 0 Å². The number of halogens is 4. The number of anilines is 1. The molecule has 1 saturated carbocycles. The summed E-state index contributed by atoms with van der Waals surface area (Å²) in [6, 6.07) is 7.74. The molecule has 5 nitrogen and oxygen atoms in total. The average Bonchev–Trinajstić information content (AvgIpc) is 2.84. The maximum atomic E-state index is 14.8. The van der Waals surface area contributed by atoms with Gasteiger partial charge in [-0.2, -0.15) is 13.2 Å². The van der Waals surface area contributed by atoms with E-state index in [-0.39, 0.29) is 28.8 Å². The number of carbonyl (C=O) groups is 2. The molecule has 2 fully saturated rings. The van der Waals surface area contributed by atoms with Gasteiger partial charge in [0.15, 0.2) is 0 Å². The van der Waals surface area contributed by atoms with Crippen LogP contribution in [0, 0.1) is 31.5 Å². The van der Waals surface area contributed by atoms with E-state index in [1.54, 1.807) is 24.0 Å². The highest BCUT2D eigenvalue weighted by molar-refractivity contribution is 5.98. The topological polar surface area (TPSA) is 75.4 Å². The van der Waals surface area contributed by atoms with Crippen LogP contribution < -0.4 is 11.1 Å². The Hall–Kier alpha value is -2.94. The maximum absolute atomic E-state index is 14.8. The Balaban J connectivity index is 1.65. The van der Waals surface area contributed by atoms with E-state index < -0.39 is 41.3 Å². The van der Waals surface area contributed by atoms with Crippen LogP contribution in [-0.4, -0.2) is 35.3 Å². The van der Waals surface area contributed by atoms with E-state index in [0.717, 1.165) is 31.7 Å². The van der Waals surface area contributed by atoms with Crippen molar-refractivity contribution in [1.82, 2.24) is 4.90 Å². The van der Waals surface area contributed by atoms with Crippen molar-refractivity contribution in [3.63, 3.8) is 0 Å². The Morgan fingerprint density at radius 2 is 1.70 bits per heavy atom. The van der Waals surface area contributed by atoms with E-state index in [1.165, 1.54) is 25.1 Å². The molecule has 2 atom stereocenters. The normalized spacial score (nSPS) is 24.6. The highest BCUT2D eigenvalue weighted by atomic mass is 19.4. The first kappa shape index (κ1) is 27.1. The van der Waals surface area contributed by atoms with Crippen LogP contribution in [0.4, 0.5) is 23.2 Å². The molecule has 2 aromatic rings. The van der Waals surface area contributed by atoms with Crippen molar-refractivity contribution in [2.24, 2.45) is 17.6 Å². The summed E-state index contributed by atoms with van der Waals surface area (Å²) in [5, 5.41) is 2.68. The fourth-order valence-electron chi connectivity index (χ4n) is 5.90. The maximum Gasteiger partial charge on any atom is 0.416 e. The van der Waals surface area contributed by atoms with Gasteiger partial charge in [-0.05, 0) is 87.6 Å². The van der Waals surface area contributed by atoms with E-state index in [1.807, 2.05) is 0 Å². The van der Waals surface area contributed by atoms with Gasteiger partial charge < -0.3 is 16.0 Å². The van der Waals surface area contributed by atoms with Gasteiger partial charge in [-0.25, -0.2) is 4.39 Å². The largest absolute Gasteiger partial charge is 0.416 e. The molecule has 1 heterocycles.